The standard InChI is InChI=1S/C15H25NO/c1-6-13(11-16-5)17-14-9-7-12(8-10-14)15(2,3)4/h7-10,13,16H,6,11H2,1-5H3. The summed E-state index contributed by atoms with van der Waals surface area (Å²) in [5.41, 5.74) is 1.54. The number of hydrogen-bond acceptors (Lipinski definition) is 2. The van der Waals surface area contributed by atoms with E-state index in [4.69, 9.17) is 4.74 Å². The van der Waals surface area contributed by atoms with Crippen LogP contribution in [0.25, 0.3) is 0 Å². The van der Waals surface area contributed by atoms with Crippen LogP contribution < -0.4 is 10.1 Å². The zero-order valence-corrected chi connectivity index (χ0v) is 11.7. The van der Waals surface area contributed by atoms with Gasteiger partial charge in [-0.3, -0.25) is 0 Å². The van der Waals surface area contributed by atoms with Gasteiger partial charge in [0.15, 0.2) is 0 Å². The fraction of sp³-hybridized carbons (Fsp3) is 0.600. The Morgan fingerprint density at radius 1 is 1.18 bits per heavy atom. The van der Waals surface area contributed by atoms with Crippen LogP contribution in [-0.2, 0) is 5.41 Å². The van der Waals surface area contributed by atoms with E-state index in [-0.39, 0.29) is 11.5 Å². The fourth-order valence-electron chi connectivity index (χ4n) is 1.72. The van der Waals surface area contributed by atoms with Gasteiger partial charge in [-0.1, -0.05) is 39.8 Å². The highest BCUT2D eigenvalue weighted by atomic mass is 16.5. The highest BCUT2D eigenvalue weighted by Crippen LogP contribution is 2.24. The zero-order chi connectivity index (χ0) is 12.9. The second kappa shape index (κ2) is 6.06. The molecule has 0 heterocycles. The van der Waals surface area contributed by atoms with Gasteiger partial charge in [0, 0.05) is 6.54 Å². The van der Waals surface area contributed by atoms with Crippen molar-refractivity contribution in [3.8, 4) is 5.75 Å². The fourth-order valence-corrected chi connectivity index (χ4v) is 1.72. The highest BCUT2D eigenvalue weighted by Gasteiger charge is 2.13. The van der Waals surface area contributed by atoms with Crippen molar-refractivity contribution in [2.75, 3.05) is 13.6 Å². The Labute approximate surface area is 105 Å². The van der Waals surface area contributed by atoms with Crippen LogP contribution in [0, 0.1) is 0 Å². The third kappa shape index (κ3) is 4.39. The van der Waals surface area contributed by atoms with E-state index in [0.717, 1.165) is 18.7 Å². The summed E-state index contributed by atoms with van der Waals surface area (Å²) in [6.07, 6.45) is 1.27. The molecule has 0 aliphatic carbocycles. The molecule has 1 N–H and O–H groups in total. The topological polar surface area (TPSA) is 21.3 Å². The van der Waals surface area contributed by atoms with E-state index in [2.05, 4.69) is 57.3 Å². The number of ether oxygens (including phenoxy) is 1. The minimum absolute atomic E-state index is 0.202. The maximum Gasteiger partial charge on any atom is 0.119 e. The Morgan fingerprint density at radius 3 is 2.18 bits per heavy atom. The van der Waals surface area contributed by atoms with Gasteiger partial charge in [-0.15, -0.1) is 0 Å². The number of rotatable bonds is 5. The van der Waals surface area contributed by atoms with Gasteiger partial charge < -0.3 is 10.1 Å². The van der Waals surface area contributed by atoms with Crippen LogP contribution in [0.5, 0.6) is 5.75 Å². The first-order valence-electron chi connectivity index (χ1n) is 6.39. The third-order valence-corrected chi connectivity index (χ3v) is 2.91. The molecule has 1 aromatic rings. The molecule has 0 aromatic heterocycles. The zero-order valence-electron chi connectivity index (χ0n) is 11.7. The Kier molecular flexibility index (Phi) is 5.01. The molecule has 17 heavy (non-hydrogen) atoms. The van der Waals surface area contributed by atoms with Crippen LogP contribution in [0.15, 0.2) is 24.3 Å². The molecule has 96 valence electrons. The van der Waals surface area contributed by atoms with Crippen molar-refractivity contribution in [2.24, 2.45) is 0 Å². The Balaban J connectivity index is 2.68. The van der Waals surface area contributed by atoms with E-state index in [1.54, 1.807) is 0 Å². The lowest BCUT2D eigenvalue weighted by Gasteiger charge is -2.21. The predicted molar refractivity (Wildman–Crippen MR) is 73.8 cm³/mol. The van der Waals surface area contributed by atoms with Gasteiger partial charge in [0.25, 0.3) is 0 Å². The Bertz CT molecular complexity index is 324. The van der Waals surface area contributed by atoms with Crippen molar-refractivity contribution in [2.45, 2.75) is 45.6 Å². The van der Waals surface area contributed by atoms with E-state index in [0.29, 0.717) is 0 Å². The molecule has 0 radical (unpaired) electrons. The highest BCUT2D eigenvalue weighted by molar-refractivity contribution is 5.31. The van der Waals surface area contributed by atoms with Gasteiger partial charge in [-0.05, 0) is 36.6 Å². The van der Waals surface area contributed by atoms with E-state index in [9.17, 15) is 0 Å². The SMILES string of the molecule is CCC(CNC)Oc1ccc(C(C)(C)C)cc1. The van der Waals surface area contributed by atoms with Crippen molar-refractivity contribution >= 4 is 0 Å². The van der Waals surface area contributed by atoms with Gasteiger partial charge in [-0.2, -0.15) is 0 Å². The van der Waals surface area contributed by atoms with Crippen LogP contribution in [0.2, 0.25) is 0 Å². The van der Waals surface area contributed by atoms with E-state index >= 15 is 0 Å². The number of nitrogens with one attached hydrogen (secondary N) is 1. The van der Waals surface area contributed by atoms with Crippen LogP contribution in [-0.4, -0.2) is 19.7 Å². The van der Waals surface area contributed by atoms with Crippen LogP contribution in [0.4, 0.5) is 0 Å². The second-order valence-corrected chi connectivity index (χ2v) is 5.48. The molecule has 0 spiro atoms. The summed E-state index contributed by atoms with van der Waals surface area (Å²) in [5.74, 6) is 0.958. The molecule has 1 rings (SSSR count). The summed E-state index contributed by atoms with van der Waals surface area (Å²) in [7, 11) is 1.95. The van der Waals surface area contributed by atoms with Crippen LogP contribution in [0.1, 0.15) is 39.7 Å². The van der Waals surface area contributed by atoms with Crippen molar-refractivity contribution in [1.82, 2.24) is 5.32 Å². The molecule has 0 fully saturated rings. The van der Waals surface area contributed by atoms with Crippen molar-refractivity contribution in [3.63, 3.8) is 0 Å². The minimum Gasteiger partial charge on any atom is -0.489 e. The summed E-state index contributed by atoms with van der Waals surface area (Å²) in [6.45, 7) is 9.69. The lowest BCUT2D eigenvalue weighted by molar-refractivity contribution is 0.196. The quantitative estimate of drug-likeness (QED) is 0.845. The minimum atomic E-state index is 0.202. The molecule has 0 saturated carbocycles. The van der Waals surface area contributed by atoms with Crippen LogP contribution in [0.3, 0.4) is 0 Å². The Hall–Kier alpha value is -1.02. The summed E-state index contributed by atoms with van der Waals surface area (Å²) in [6, 6.07) is 8.45. The second-order valence-electron chi connectivity index (χ2n) is 5.48. The first kappa shape index (κ1) is 14.0. The largest absolute Gasteiger partial charge is 0.489 e. The number of hydrogen-bond donors (Lipinski definition) is 1. The van der Waals surface area contributed by atoms with Crippen molar-refractivity contribution < 1.29 is 4.74 Å². The van der Waals surface area contributed by atoms with Gasteiger partial charge in [0.2, 0.25) is 0 Å². The van der Waals surface area contributed by atoms with Crippen molar-refractivity contribution in [1.29, 1.82) is 0 Å². The normalized spacial score (nSPS) is 13.5. The van der Waals surface area contributed by atoms with Gasteiger partial charge in [0.05, 0.1) is 0 Å². The molecule has 1 atom stereocenters. The lowest BCUT2D eigenvalue weighted by atomic mass is 9.87. The summed E-state index contributed by atoms with van der Waals surface area (Å²) >= 11 is 0. The molecule has 0 aliphatic rings. The molecular formula is C15H25NO. The van der Waals surface area contributed by atoms with Gasteiger partial charge >= 0.3 is 0 Å². The smallest absolute Gasteiger partial charge is 0.119 e. The monoisotopic (exact) mass is 235 g/mol. The first-order valence-corrected chi connectivity index (χ1v) is 6.39. The molecule has 0 saturated heterocycles. The molecule has 0 aliphatic heterocycles. The molecule has 2 heteroatoms. The first-order chi connectivity index (χ1) is 7.97. The molecular weight excluding hydrogens is 210 g/mol. The molecule has 2 nitrogen and oxygen atoms in total. The summed E-state index contributed by atoms with van der Waals surface area (Å²) in [4.78, 5) is 0. The molecule has 0 bridgehead atoms. The Morgan fingerprint density at radius 2 is 1.76 bits per heavy atom. The van der Waals surface area contributed by atoms with Gasteiger partial charge in [0.1, 0.15) is 11.9 Å². The van der Waals surface area contributed by atoms with Gasteiger partial charge in [-0.25, -0.2) is 0 Å². The van der Waals surface area contributed by atoms with E-state index in [1.165, 1.54) is 5.56 Å². The van der Waals surface area contributed by atoms with E-state index < -0.39 is 0 Å². The molecule has 1 unspecified atom stereocenters. The number of benzene rings is 1. The summed E-state index contributed by atoms with van der Waals surface area (Å²) in [5, 5.41) is 3.15. The average molecular weight is 235 g/mol. The van der Waals surface area contributed by atoms with E-state index in [1.807, 2.05) is 7.05 Å². The third-order valence-electron chi connectivity index (χ3n) is 2.91. The van der Waals surface area contributed by atoms with Crippen LogP contribution >= 0.6 is 0 Å². The lowest BCUT2D eigenvalue weighted by Crippen LogP contribution is -2.28. The molecule has 1 aromatic carbocycles. The maximum atomic E-state index is 5.91. The number of likely N-dealkylation sites (N-methyl/N-ethyl adjacent to an activating group) is 1. The molecule has 0 amide bonds. The van der Waals surface area contributed by atoms with Crippen molar-refractivity contribution in [3.05, 3.63) is 29.8 Å². The summed E-state index contributed by atoms with van der Waals surface area (Å²) < 4.78 is 5.91. The average Bonchev–Trinajstić information content (AvgIpc) is 2.28. The predicted octanol–water partition coefficient (Wildman–Crippen LogP) is 3.36. The maximum absolute atomic E-state index is 5.91.